The fourth-order valence-corrected chi connectivity index (χ4v) is 2.89. The van der Waals surface area contributed by atoms with E-state index in [4.69, 9.17) is 20.8 Å². The van der Waals surface area contributed by atoms with Crippen LogP contribution in [-0.4, -0.2) is 33.8 Å². The molecule has 0 aliphatic rings. The molecular formula is C18H17ClN2O3S. The van der Waals surface area contributed by atoms with E-state index in [2.05, 4.69) is 10.2 Å². The molecule has 1 heterocycles. The van der Waals surface area contributed by atoms with E-state index < -0.39 is 6.10 Å². The minimum Gasteiger partial charge on any atom is -0.491 e. The number of ether oxygens (including phenoxy) is 1. The minimum absolute atomic E-state index is 0.204. The molecule has 0 radical (unpaired) electrons. The molecule has 0 fully saturated rings. The molecule has 0 unspecified atom stereocenters. The van der Waals surface area contributed by atoms with E-state index in [9.17, 15) is 5.11 Å². The van der Waals surface area contributed by atoms with Gasteiger partial charge in [-0.15, -0.1) is 10.2 Å². The van der Waals surface area contributed by atoms with Gasteiger partial charge in [-0.3, -0.25) is 0 Å². The zero-order valence-corrected chi connectivity index (χ0v) is 15.1. The second-order valence-corrected chi connectivity index (χ2v) is 6.83. The molecule has 1 N–H and O–H groups in total. The fraction of sp³-hybridized carbons (Fsp3) is 0.222. The van der Waals surface area contributed by atoms with Crippen LogP contribution in [0.5, 0.6) is 5.75 Å². The molecule has 130 valence electrons. The summed E-state index contributed by atoms with van der Waals surface area (Å²) < 4.78 is 11.2. The predicted molar refractivity (Wildman–Crippen MR) is 98.1 cm³/mol. The molecule has 1 atom stereocenters. The maximum atomic E-state index is 10.1. The second-order valence-electron chi connectivity index (χ2n) is 5.42. The van der Waals surface area contributed by atoms with Gasteiger partial charge in [-0.25, -0.2) is 0 Å². The Morgan fingerprint density at radius 2 is 1.92 bits per heavy atom. The van der Waals surface area contributed by atoms with Crippen LogP contribution in [0.2, 0.25) is 5.02 Å². The van der Waals surface area contributed by atoms with E-state index in [0.29, 0.717) is 21.9 Å². The lowest BCUT2D eigenvalue weighted by atomic mass is 10.2. The van der Waals surface area contributed by atoms with Crippen LogP contribution in [0.4, 0.5) is 0 Å². The number of aromatic nitrogens is 2. The van der Waals surface area contributed by atoms with E-state index in [1.54, 1.807) is 12.1 Å². The van der Waals surface area contributed by atoms with Crippen molar-refractivity contribution in [2.24, 2.45) is 0 Å². The van der Waals surface area contributed by atoms with Crippen LogP contribution in [0.1, 0.15) is 5.56 Å². The normalized spacial score (nSPS) is 12.1. The first-order chi connectivity index (χ1) is 12.1. The summed E-state index contributed by atoms with van der Waals surface area (Å²) >= 11 is 7.15. The molecule has 2 aromatic carbocycles. The number of aryl methyl sites for hydroxylation is 1. The number of nitrogens with zero attached hydrogens (tertiary/aromatic N) is 2. The fourth-order valence-electron chi connectivity index (χ4n) is 2.10. The number of thioether (sulfide) groups is 1. The lowest BCUT2D eigenvalue weighted by Gasteiger charge is -2.12. The van der Waals surface area contributed by atoms with E-state index in [1.807, 2.05) is 43.3 Å². The zero-order valence-electron chi connectivity index (χ0n) is 13.6. The quantitative estimate of drug-likeness (QED) is 0.622. The van der Waals surface area contributed by atoms with E-state index in [0.717, 1.165) is 16.9 Å². The highest BCUT2D eigenvalue weighted by Crippen LogP contribution is 2.25. The maximum Gasteiger partial charge on any atom is 0.276 e. The third-order valence-electron chi connectivity index (χ3n) is 3.42. The standard InChI is InChI=1S/C18H17ClN2O3S/c1-12-4-2-3-5-16(12)23-10-15(22)11-25-18-21-20-17(24-18)13-6-8-14(19)9-7-13/h2-9,15,22H,10-11H2,1H3/t15-/m0/s1. The maximum absolute atomic E-state index is 10.1. The number of aliphatic hydroxyl groups excluding tert-OH is 1. The first-order valence-electron chi connectivity index (χ1n) is 7.70. The molecule has 3 rings (SSSR count). The van der Waals surface area contributed by atoms with Crippen LogP contribution >= 0.6 is 23.4 Å². The number of hydrogen-bond acceptors (Lipinski definition) is 6. The van der Waals surface area contributed by atoms with Crippen molar-refractivity contribution in [1.29, 1.82) is 0 Å². The molecule has 0 amide bonds. The number of para-hydroxylation sites is 1. The molecule has 0 saturated carbocycles. The van der Waals surface area contributed by atoms with Gasteiger partial charge >= 0.3 is 0 Å². The van der Waals surface area contributed by atoms with E-state index in [1.165, 1.54) is 11.8 Å². The summed E-state index contributed by atoms with van der Waals surface area (Å²) in [5.41, 5.74) is 1.83. The molecule has 3 aromatic rings. The van der Waals surface area contributed by atoms with Crippen LogP contribution in [0, 0.1) is 6.92 Å². The summed E-state index contributed by atoms with van der Waals surface area (Å²) in [6, 6.07) is 14.9. The molecule has 0 spiro atoms. The Kier molecular flexibility index (Phi) is 5.96. The summed E-state index contributed by atoms with van der Waals surface area (Å²) in [4.78, 5) is 0. The van der Waals surface area contributed by atoms with Crippen molar-refractivity contribution in [3.63, 3.8) is 0 Å². The Morgan fingerprint density at radius 3 is 2.68 bits per heavy atom. The predicted octanol–water partition coefficient (Wildman–Crippen LogP) is 4.23. The van der Waals surface area contributed by atoms with Crippen molar-refractivity contribution in [2.45, 2.75) is 18.3 Å². The summed E-state index contributed by atoms with van der Waals surface area (Å²) in [7, 11) is 0. The summed E-state index contributed by atoms with van der Waals surface area (Å²) in [6.45, 7) is 2.17. The first kappa shape index (κ1) is 17.8. The molecule has 1 aromatic heterocycles. The van der Waals surface area contributed by atoms with E-state index >= 15 is 0 Å². The van der Waals surface area contributed by atoms with Gasteiger partial charge < -0.3 is 14.3 Å². The van der Waals surface area contributed by atoms with Crippen LogP contribution in [0.3, 0.4) is 0 Å². The molecule has 7 heteroatoms. The van der Waals surface area contributed by atoms with Crippen LogP contribution in [0.15, 0.2) is 58.2 Å². The summed E-state index contributed by atoms with van der Waals surface area (Å²) in [5.74, 6) is 1.59. The van der Waals surface area contributed by atoms with Gasteiger partial charge in [0, 0.05) is 16.3 Å². The van der Waals surface area contributed by atoms with Gasteiger partial charge in [0.1, 0.15) is 12.4 Å². The Bertz CT molecular complexity index is 823. The van der Waals surface area contributed by atoms with Crippen molar-refractivity contribution in [3.05, 3.63) is 59.1 Å². The second kappa shape index (κ2) is 8.38. The molecule has 5 nitrogen and oxygen atoms in total. The lowest BCUT2D eigenvalue weighted by Crippen LogP contribution is -2.20. The third-order valence-corrected chi connectivity index (χ3v) is 4.64. The smallest absolute Gasteiger partial charge is 0.276 e. The van der Waals surface area contributed by atoms with Crippen molar-refractivity contribution in [3.8, 4) is 17.2 Å². The molecule has 0 bridgehead atoms. The van der Waals surface area contributed by atoms with Crippen molar-refractivity contribution in [2.75, 3.05) is 12.4 Å². The van der Waals surface area contributed by atoms with Crippen molar-refractivity contribution < 1.29 is 14.3 Å². The van der Waals surface area contributed by atoms with Crippen molar-refractivity contribution in [1.82, 2.24) is 10.2 Å². The van der Waals surface area contributed by atoms with Gasteiger partial charge in [-0.1, -0.05) is 41.6 Å². The topological polar surface area (TPSA) is 68.4 Å². The molecular weight excluding hydrogens is 360 g/mol. The lowest BCUT2D eigenvalue weighted by molar-refractivity contribution is 0.126. The largest absolute Gasteiger partial charge is 0.491 e. The molecule has 25 heavy (non-hydrogen) atoms. The van der Waals surface area contributed by atoms with Crippen LogP contribution in [0.25, 0.3) is 11.5 Å². The van der Waals surface area contributed by atoms with Gasteiger partial charge in [-0.05, 0) is 42.8 Å². The van der Waals surface area contributed by atoms with Gasteiger partial charge in [0.15, 0.2) is 0 Å². The molecule has 0 aliphatic heterocycles. The van der Waals surface area contributed by atoms with Crippen molar-refractivity contribution >= 4 is 23.4 Å². The third kappa shape index (κ3) is 4.98. The van der Waals surface area contributed by atoms with Crippen LogP contribution < -0.4 is 4.74 Å². The highest BCUT2D eigenvalue weighted by molar-refractivity contribution is 7.99. The molecule has 0 aliphatic carbocycles. The Balaban J connectivity index is 1.50. The highest BCUT2D eigenvalue weighted by Gasteiger charge is 2.12. The number of rotatable bonds is 7. The zero-order chi connectivity index (χ0) is 17.6. The minimum atomic E-state index is -0.643. The first-order valence-corrected chi connectivity index (χ1v) is 9.07. The van der Waals surface area contributed by atoms with Gasteiger partial charge in [-0.2, -0.15) is 0 Å². The Labute approximate surface area is 155 Å². The average Bonchev–Trinajstić information content (AvgIpc) is 3.09. The number of aliphatic hydroxyl groups is 1. The van der Waals surface area contributed by atoms with Gasteiger partial charge in [0.25, 0.3) is 5.22 Å². The highest BCUT2D eigenvalue weighted by atomic mass is 35.5. The SMILES string of the molecule is Cc1ccccc1OC[C@H](O)CSc1nnc(-c2ccc(Cl)cc2)o1. The van der Waals surface area contributed by atoms with Gasteiger partial charge in [0.2, 0.25) is 5.89 Å². The average molecular weight is 377 g/mol. The number of halogens is 1. The summed E-state index contributed by atoms with van der Waals surface area (Å²) in [6.07, 6.45) is -0.643. The monoisotopic (exact) mass is 376 g/mol. The number of benzene rings is 2. The Hall–Kier alpha value is -2.02. The van der Waals surface area contributed by atoms with E-state index in [-0.39, 0.29) is 6.61 Å². The van der Waals surface area contributed by atoms with Gasteiger partial charge in [0.05, 0.1) is 6.10 Å². The molecule has 0 saturated heterocycles. The van der Waals surface area contributed by atoms with Crippen LogP contribution in [-0.2, 0) is 0 Å². The number of hydrogen-bond donors (Lipinski definition) is 1. The summed E-state index contributed by atoms with van der Waals surface area (Å²) in [5, 5.41) is 19.1. The Morgan fingerprint density at radius 1 is 1.16 bits per heavy atom.